The second kappa shape index (κ2) is 3.28. The summed E-state index contributed by atoms with van der Waals surface area (Å²) in [5.41, 5.74) is 1.40. The van der Waals surface area contributed by atoms with Crippen molar-refractivity contribution < 1.29 is 0 Å². The minimum absolute atomic E-state index is 0.982. The van der Waals surface area contributed by atoms with Gasteiger partial charge in [0.25, 0.3) is 0 Å². The Balaban J connectivity index is 2.46. The monoisotopic (exact) mass is 175 g/mol. The molecule has 0 saturated carbocycles. The Labute approximate surface area is 76.8 Å². The molecular weight excluding hydrogens is 164 g/mol. The summed E-state index contributed by atoms with van der Waals surface area (Å²) in [6, 6.07) is 8.83. The average Bonchev–Trinajstić information content (AvgIpc) is 2.51. The van der Waals surface area contributed by atoms with Gasteiger partial charge in [0.15, 0.2) is 0 Å². The zero-order valence-corrected chi connectivity index (χ0v) is 7.73. The molecule has 0 aliphatic rings. The molecule has 0 nitrogen and oxygen atoms in total. The normalized spacial score (nSPS) is 10.8. The molecule has 0 N–H and O–H groups in total. The zero-order valence-electron chi connectivity index (χ0n) is 6.92. The van der Waals surface area contributed by atoms with Gasteiger partial charge >= 0.3 is 0 Å². The van der Waals surface area contributed by atoms with Gasteiger partial charge in [0.05, 0.1) is 0 Å². The quantitative estimate of drug-likeness (QED) is 0.653. The molecule has 0 saturated heterocycles. The predicted octanol–water partition coefficient (Wildman–Crippen LogP) is 3.67. The van der Waals surface area contributed by atoms with Crippen LogP contribution in [0, 0.1) is 6.92 Å². The lowest BCUT2D eigenvalue weighted by molar-refractivity contribution is 1.00. The highest BCUT2D eigenvalue weighted by atomic mass is 32.1. The van der Waals surface area contributed by atoms with Gasteiger partial charge in [-0.2, -0.15) is 0 Å². The van der Waals surface area contributed by atoms with Crippen LogP contribution in [0.5, 0.6) is 0 Å². The SMILES string of the molecule is [CH2]CCc1ccc2sccc2c1. The van der Waals surface area contributed by atoms with Gasteiger partial charge in [0, 0.05) is 4.70 Å². The summed E-state index contributed by atoms with van der Waals surface area (Å²) in [6.07, 6.45) is 2.07. The third-order valence-corrected chi connectivity index (χ3v) is 2.88. The fraction of sp³-hybridized carbons (Fsp3) is 0.182. The molecule has 2 aromatic rings. The molecule has 1 heterocycles. The van der Waals surface area contributed by atoms with Crippen molar-refractivity contribution in [3.05, 3.63) is 42.1 Å². The molecule has 1 aromatic carbocycles. The third kappa shape index (κ3) is 1.37. The van der Waals surface area contributed by atoms with Crippen LogP contribution >= 0.6 is 11.3 Å². The number of hydrogen-bond donors (Lipinski definition) is 0. The summed E-state index contributed by atoms with van der Waals surface area (Å²) >= 11 is 1.80. The maximum absolute atomic E-state index is 3.85. The Morgan fingerprint density at radius 2 is 2.17 bits per heavy atom. The topological polar surface area (TPSA) is 0 Å². The Morgan fingerprint density at radius 1 is 1.25 bits per heavy atom. The van der Waals surface area contributed by atoms with E-state index in [2.05, 4.69) is 36.6 Å². The lowest BCUT2D eigenvalue weighted by Gasteiger charge is -1.97. The van der Waals surface area contributed by atoms with Crippen LogP contribution in [-0.2, 0) is 6.42 Å². The second-order valence-electron chi connectivity index (χ2n) is 2.90. The third-order valence-electron chi connectivity index (χ3n) is 1.98. The molecule has 0 amide bonds. The summed E-state index contributed by atoms with van der Waals surface area (Å²) in [5.74, 6) is 0. The minimum atomic E-state index is 0.982. The van der Waals surface area contributed by atoms with E-state index >= 15 is 0 Å². The van der Waals surface area contributed by atoms with E-state index in [1.54, 1.807) is 11.3 Å². The number of aryl methyl sites for hydroxylation is 1. The van der Waals surface area contributed by atoms with Gasteiger partial charge in [-0.15, -0.1) is 11.3 Å². The molecule has 61 valence electrons. The van der Waals surface area contributed by atoms with Gasteiger partial charge < -0.3 is 0 Å². The van der Waals surface area contributed by atoms with Crippen molar-refractivity contribution >= 4 is 21.4 Å². The van der Waals surface area contributed by atoms with Crippen molar-refractivity contribution in [3.63, 3.8) is 0 Å². The Morgan fingerprint density at radius 3 is 3.00 bits per heavy atom. The average molecular weight is 175 g/mol. The maximum Gasteiger partial charge on any atom is 0.0342 e. The molecule has 0 unspecified atom stereocenters. The van der Waals surface area contributed by atoms with Crippen LogP contribution in [0.15, 0.2) is 29.6 Å². The predicted molar refractivity (Wildman–Crippen MR) is 55.5 cm³/mol. The molecule has 12 heavy (non-hydrogen) atoms. The maximum atomic E-state index is 3.85. The van der Waals surface area contributed by atoms with Crippen LogP contribution in [0.1, 0.15) is 12.0 Å². The minimum Gasteiger partial charge on any atom is -0.144 e. The van der Waals surface area contributed by atoms with E-state index in [0.29, 0.717) is 0 Å². The van der Waals surface area contributed by atoms with Crippen LogP contribution in [0.2, 0.25) is 0 Å². The number of thiophene rings is 1. The standard InChI is InChI=1S/C11H11S/c1-2-3-9-4-5-11-10(8-9)6-7-12-11/h4-8H,1-3H2. The van der Waals surface area contributed by atoms with E-state index in [-0.39, 0.29) is 0 Å². The van der Waals surface area contributed by atoms with Crippen molar-refractivity contribution in [2.75, 3.05) is 0 Å². The Hall–Kier alpha value is -0.820. The number of hydrogen-bond acceptors (Lipinski definition) is 1. The summed E-state index contributed by atoms with van der Waals surface area (Å²) < 4.78 is 1.38. The molecule has 0 aliphatic carbocycles. The number of rotatable bonds is 2. The molecule has 0 fully saturated rings. The molecule has 1 aromatic heterocycles. The number of benzene rings is 1. The van der Waals surface area contributed by atoms with Crippen LogP contribution in [0.3, 0.4) is 0 Å². The summed E-state index contributed by atoms with van der Waals surface area (Å²) in [6.45, 7) is 3.85. The smallest absolute Gasteiger partial charge is 0.0342 e. The molecule has 0 aliphatic heterocycles. The first kappa shape index (κ1) is 7.81. The van der Waals surface area contributed by atoms with Crippen LogP contribution < -0.4 is 0 Å². The summed E-state index contributed by atoms with van der Waals surface area (Å²) in [4.78, 5) is 0. The van der Waals surface area contributed by atoms with Crippen LogP contribution in [0.25, 0.3) is 10.1 Å². The Kier molecular flexibility index (Phi) is 2.13. The van der Waals surface area contributed by atoms with Gasteiger partial charge in [-0.1, -0.05) is 19.1 Å². The van der Waals surface area contributed by atoms with E-state index in [9.17, 15) is 0 Å². The van der Waals surface area contributed by atoms with Gasteiger partial charge in [-0.3, -0.25) is 0 Å². The summed E-state index contributed by atoms with van der Waals surface area (Å²) in [7, 11) is 0. The molecule has 0 spiro atoms. The Bertz CT molecular complexity index is 373. The highest BCUT2D eigenvalue weighted by molar-refractivity contribution is 7.17. The van der Waals surface area contributed by atoms with Crippen molar-refractivity contribution in [1.82, 2.24) is 0 Å². The first-order valence-corrected chi connectivity index (χ1v) is 5.03. The van der Waals surface area contributed by atoms with E-state index in [1.807, 2.05) is 0 Å². The summed E-state index contributed by atoms with van der Waals surface area (Å²) in [5, 5.41) is 3.50. The highest BCUT2D eigenvalue weighted by Crippen LogP contribution is 2.22. The molecule has 0 bridgehead atoms. The molecule has 2 rings (SSSR count). The first-order chi connectivity index (χ1) is 5.90. The lowest BCUT2D eigenvalue weighted by atomic mass is 10.1. The van der Waals surface area contributed by atoms with Gasteiger partial charge in [0.1, 0.15) is 0 Å². The lowest BCUT2D eigenvalue weighted by Crippen LogP contribution is -1.80. The fourth-order valence-electron chi connectivity index (χ4n) is 1.38. The van der Waals surface area contributed by atoms with Gasteiger partial charge in [-0.05, 0) is 41.3 Å². The van der Waals surface area contributed by atoms with Gasteiger partial charge in [0.2, 0.25) is 0 Å². The number of fused-ring (bicyclic) bond motifs is 1. The molecule has 1 heteroatoms. The van der Waals surface area contributed by atoms with Gasteiger partial charge in [-0.25, -0.2) is 0 Å². The van der Waals surface area contributed by atoms with E-state index in [1.165, 1.54) is 15.6 Å². The van der Waals surface area contributed by atoms with E-state index < -0.39 is 0 Å². The molecule has 0 atom stereocenters. The van der Waals surface area contributed by atoms with Crippen LogP contribution in [-0.4, -0.2) is 0 Å². The first-order valence-electron chi connectivity index (χ1n) is 4.15. The molecule has 1 radical (unpaired) electrons. The van der Waals surface area contributed by atoms with Crippen LogP contribution in [0.4, 0.5) is 0 Å². The zero-order chi connectivity index (χ0) is 8.39. The van der Waals surface area contributed by atoms with Crippen molar-refractivity contribution in [2.24, 2.45) is 0 Å². The highest BCUT2D eigenvalue weighted by Gasteiger charge is 1.95. The fourth-order valence-corrected chi connectivity index (χ4v) is 2.15. The van der Waals surface area contributed by atoms with Crippen molar-refractivity contribution in [2.45, 2.75) is 12.8 Å². The molecular formula is C11H11S. The largest absolute Gasteiger partial charge is 0.144 e. The van der Waals surface area contributed by atoms with Crippen molar-refractivity contribution in [1.29, 1.82) is 0 Å². The second-order valence-corrected chi connectivity index (χ2v) is 3.84. The van der Waals surface area contributed by atoms with Crippen molar-refractivity contribution in [3.8, 4) is 0 Å². The van der Waals surface area contributed by atoms with E-state index in [0.717, 1.165) is 12.8 Å². The van der Waals surface area contributed by atoms with E-state index in [4.69, 9.17) is 0 Å².